The third-order valence-electron chi connectivity index (χ3n) is 3.22. The molecule has 1 fully saturated rings. The lowest BCUT2D eigenvalue weighted by molar-refractivity contribution is 0.250. The van der Waals surface area contributed by atoms with Gasteiger partial charge in [-0.15, -0.1) is 0 Å². The van der Waals surface area contributed by atoms with Gasteiger partial charge in [0, 0.05) is 5.54 Å². The highest BCUT2D eigenvalue weighted by Crippen LogP contribution is 2.44. The van der Waals surface area contributed by atoms with Crippen LogP contribution in [0.4, 0.5) is 0 Å². The molecule has 0 bridgehead atoms. The standard InChI is InChI=1S/C14H18BrNO/c1-10(2)9-17-12-6-3-5-11(13(12)15)14(16)7-4-8-14/h3,5-6H,1,4,7-9,16H2,2H3. The Bertz CT molecular complexity index is 438. The molecular formula is C14H18BrNO. The number of halogens is 1. The number of ether oxygens (including phenoxy) is 1. The van der Waals surface area contributed by atoms with E-state index in [9.17, 15) is 0 Å². The van der Waals surface area contributed by atoms with Gasteiger partial charge in [0.15, 0.2) is 0 Å². The van der Waals surface area contributed by atoms with Crippen molar-refractivity contribution in [3.05, 3.63) is 40.4 Å². The first-order valence-corrected chi connectivity index (χ1v) is 6.67. The lowest BCUT2D eigenvalue weighted by Gasteiger charge is -2.39. The fraction of sp³-hybridized carbons (Fsp3) is 0.429. The van der Waals surface area contributed by atoms with Crippen LogP contribution in [0, 0.1) is 0 Å². The predicted octanol–water partition coefficient (Wildman–Crippen LogP) is 3.74. The molecule has 0 spiro atoms. The molecule has 0 radical (unpaired) electrons. The number of nitrogens with two attached hydrogens (primary N) is 1. The van der Waals surface area contributed by atoms with Crippen LogP contribution < -0.4 is 10.5 Å². The van der Waals surface area contributed by atoms with Gasteiger partial charge in [-0.05, 0) is 59.3 Å². The molecule has 1 aromatic rings. The molecule has 0 heterocycles. The minimum Gasteiger partial charge on any atom is -0.488 e. The number of hydrogen-bond donors (Lipinski definition) is 1. The molecule has 1 aliphatic rings. The maximum atomic E-state index is 6.35. The van der Waals surface area contributed by atoms with Crippen molar-refractivity contribution < 1.29 is 4.74 Å². The fourth-order valence-electron chi connectivity index (χ4n) is 2.03. The van der Waals surface area contributed by atoms with Gasteiger partial charge in [-0.2, -0.15) is 0 Å². The Morgan fingerprint density at radius 3 is 2.76 bits per heavy atom. The van der Waals surface area contributed by atoms with E-state index in [0.717, 1.165) is 34.2 Å². The van der Waals surface area contributed by atoms with E-state index in [4.69, 9.17) is 10.5 Å². The SMILES string of the molecule is C=C(C)COc1cccc(C2(N)CCC2)c1Br. The van der Waals surface area contributed by atoms with E-state index >= 15 is 0 Å². The molecule has 2 N–H and O–H groups in total. The van der Waals surface area contributed by atoms with Crippen molar-refractivity contribution in [2.24, 2.45) is 5.73 Å². The highest BCUT2D eigenvalue weighted by Gasteiger charge is 2.36. The van der Waals surface area contributed by atoms with E-state index in [2.05, 4.69) is 28.6 Å². The third-order valence-corrected chi connectivity index (χ3v) is 4.04. The molecule has 0 unspecified atom stereocenters. The summed E-state index contributed by atoms with van der Waals surface area (Å²) in [4.78, 5) is 0. The lowest BCUT2D eigenvalue weighted by atomic mass is 9.73. The van der Waals surface area contributed by atoms with Crippen LogP contribution in [0.25, 0.3) is 0 Å². The van der Waals surface area contributed by atoms with Gasteiger partial charge in [0.05, 0.1) is 4.47 Å². The summed E-state index contributed by atoms with van der Waals surface area (Å²) in [5.74, 6) is 0.849. The van der Waals surface area contributed by atoms with Gasteiger partial charge in [0.2, 0.25) is 0 Å². The van der Waals surface area contributed by atoms with E-state index in [1.165, 1.54) is 6.42 Å². The Kier molecular flexibility index (Phi) is 3.59. The van der Waals surface area contributed by atoms with Gasteiger partial charge >= 0.3 is 0 Å². The summed E-state index contributed by atoms with van der Waals surface area (Å²) >= 11 is 3.61. The largest absolute Gasteiger partial charge is 0.488 e. The molecule has 92 valence electrons. The Balaban J connectivity index is 2.24. The van der Waals surface area contributed by atoms with Crippen molar-refractivity contribution in [3.8, 4) is 5.75 Å². The Morgan fingerprint density at radius 2 is 2.24 bits per heavy atom. The summed E-state index contributed by atoms with van der Waals surface area (Å²) in [6.45, 7) is 6.33. The fourth-order valence-corrected chi connectivity index (χ4v) is 2.81. The number of benzene rings is 1. The van der Waals surface area contributed by atoms with Crippen LogP contribution in [0.15, 0.2) is 34.8 Å². The van der Waals surface area contributed by atoms with E-state index < -0.39 is 0 Å². The van der Waals surface area contributed by atoms with Gasteiger partial charge < -0.3 is 10.5 Å². The van der Waals surface area contributed by atoms with Crippen LogP contribution in [0.1, 0.15) is 31.7 Å². The minimum absolute atomic E-state index is 0.165. The maximum absolute atomic E-state index is 6.35. The zero-order valence-electron chi connectivity index (χ0n) is 10.1. The second kappa shape index (κ2) is 4.83. The zero-order chi connectivity index (χ0) is 12.5. The number of rotatable bonds is 4. The summed E-state index contributed by atoms with van der Waals surface area (Å²) in [6.07, 6.45) is 3.31. The molecule has 0 saturated heterocycles. The average Bonchev–Trinajstić information content (AvgIpc) is 2.24. The first kappa shape index (κ1) is 12.7. The van der Waals surface area contributed by atoms with Crippen molar-refractivity contribution in [1.29, 1.82) is 0 Å². The quantitative estimate of drug-likeness (QED) is 0.859. The summed E-state index contributed by atoms with van der Waals surface area (Å²) in [7, 11) is 0. The Labute approximate surface area is 111 Å². The molecule has 17 heavy (non-hydrogen) atoms. The van der Waals surface area contributed by atoms with Crippen LogP contribution in [-0.2, 0) is 5.54 Å². The first-order chi connectivity index (χ1) is 8.03. The van der Waals surface area contributed by atoms with Gasteiger partial charge in [-0.1, -0.05) is 18.7 Å². The molecule has 0 atom stereocenters. The smallest absolute Gasteiger partial charge is 0.134 e. The van der Waals surface area contributed by atoms with Gasteiger partial charge in [-0.25, -0.2) is 0 Å². The van der Waals surface area contributed by atoms with Crippen molar-refractivity contribution in [3.63, 3.8) is 0 Å². The Morgan fingerprint density at radius 1 is 1.53 bits per heavy atom. The normalized spacial score (nSPS) is 17.4. The van der Waals surface area contributed by atoms with E-state index in [1.807, 2.05) is 19.1 Å². The van der Waals surface area contributed by atoms with Crippen molar-refractivity contribution >= 4 is 15.9 Å². The molecule has 2 rings (SSSR count). The molecule has 3 heteroatoms. The molecule has 0 amide bonds. The maximum Gasteiger partial charge on any atom is 0.134 e. The summed E-state index contributed by atoms with van der Waals surface area (Å²) in [5.41, 5.74) is 8.34. The van der Waals surface area contributed by atoms with Crippen LogP contribution >= 0.6 is 15.9 Å². The first-order valence-electron chi connectivity index (χ1n) is 5.88. The zero-order valence-corrected chi connectivity index (χ0v) is 11.7. The van der Waals surface area contributed by atoms with E-state index in [-0.39, 0.29) is 5.54 Å². The topological polar surface area (TPSA) is 35.2 Å². The molecule has 1 aliphatic carbocycles. The monoisotopic (exact) mass is 295 g/mol. The third kappa shape index (κ3) is 2.55. The minimum atomic E-state index is -0.165. The Hall–Kier alpha value is -0.800. The average molecular weight is 296 g/mol. The van der Waals surface area contributed by atoms with Crippen molar-refractivity contribution in [2.75, 3.05) is 6.61 Å². The molecule has 1 saturated carbocycles. The highest BCUT2D eigenvalue weighted by molar-refractivity contribution is 9.10. The van der Waals surface area contributed by atoms with Gasteiger partial charge in [0.1, 0.15) is 12.4 Å². The van der Waals surface area contributed by atoms with Crippen LogP contribution in [0.2, 0.25) is 0 Å². The van der Waals surface area contributed by atoms with Crippen LogP contribution in [0.3, 0.4) is 0 Å². The molecule has 2 nitrogen and oxygen atoms in total. The molecule has 0 aromatic heterocycles. The highest BCUT2D eigenvalue weighted by atomic mass is 79.9. The molecule has 0 aliphatic heterocycles. The van der Waals surface area contributed by atoms with Crippen molar-refractivity contribution in [1.82, 2.24) is 0 Å². The predicted molar refractivity (Wildman–Crippen MR) is 74.2 cm³/mol. The summed E-state index contributed by atoms with van der Waals surface area (Å²) < 4.78 is 6.69. The van der Waals surface area contributed by atoms with Crippen LogP contribution in [-0.4, -0.2) is 6.61 Å². The van der Waals surface area contributed by atoms with Crippen molar-refractivity contribution in [2.45, 2.75) is 31.7 Å². The second-order valence-electron chi connectivity index (χ2n) is 4.87. The van der Waals surface area contributed by atoms with E-state index in [1.54, 1.807) is 0 Å². The van der Waals surface area contributed by atoms with E-state index in [0.29, 0.717) is 6.61 Å². The second-order valence-corrected chi connectivity index (χ2v) is 5.67. The molecular weight excluding hydrogens is 278 g/mol. The molecule has 1 aromatic carbocycles. The van der Waals surface area contributed by atoms with Gasteiger partial charge in [0.25, 0.3) is 0 Å². The lowest BCUT2D eigenvalue weighted by Crippen LogP contribution is -2.43. The van der Waals surface area contributed by atoms with Crippen LogP contribution in [0.5, 0.6) is 5.75 Å². The van der Waals surface area contributed by atoms with Gasteiger partial charge in [-0.3, -0.25) is 0 Å². The summed E-state index contributed by atoms with van der Waals surface area (Å²) in [6, 6.07) is 6.04. The number of hydrogen-bond acceptors (Lipinski definition) is 2. The summed E-state index contributed by atoms with van der Waals surface area (Å²) in [5, 5.41) is 0.